The average Bonchev–Trinajstić information content (AvgIpc) is 3.62. The highest BCUT2D eigenvalue weighted by Crippen LogP contribution is 2.26. The minimum absolute atomic E-state index is 0.0230. The number of aliphatic hydroxyl groups excluding tert-OH is 1. The van der Waals surface area contributed by atoms with Crippen molar-refractivity contribution in [2.45, 2.75) is 229 Å². The quantitative estimate of drug-likeness (QED) is 0.157. The molecule has 0 aromatic rings. The second kappa shape index (κ2) is 34.3. The number of aliphatic hydroxyl groups is 1. The minimum Gasteiger partial charge on any atom is -0.390 e. The van der Waals surface area contributed by atoms with Gasteiger partial charge in [0.05, 0.1) is 12.6 Å². The van der Waals surface area contributed by atoms with Gasteiger partial charge in [-0.1, -0.05) is 116 Å². The zero-order valence-corrected chi connectivity index (χ0v) is 56.1. The second-order valence-electron chi connectivity index (χ2n) is 26.3. The van der Waals surface area contributed by atoms with Crippen LogP contribution in [0.4, 0.5) is 0 Å². The maximum absolute atomic E-state index is 15.1. The summed E-state index contributed by atoms with van der Waals surface area (Å²) in [5, 5.41) is 23.2. The first-order chi connectivity index (χ1) is 39.2. The van der Waals surface area contributed by atoms with Gasteiger partial charge in [0, 0.05) is 49.3 Å². The molecule has 1 aliphatic heterocycles. The van der Waals surface area contributed by atoms with Gasteiger partial charge in [0.25, 0.3) is 0 Å². The number of nitrogens with zero attached hydrogens (tertiary/aromatic N) is 7. The molecule has 0 aromatic carbocycles. The monoisotopic (exact) mass is 1200 g/mol. The van der Waals surface area contributed by atoms with Gasteiger partial charge in [0.1, 0.15) is 60.4 Å². The Balaban J connectivity index is 4.33. The van der Waals surface area contributed by atoms with E-state index in [2.05, 4.69) is 21.3 Å². The van der Waals surface area contributed by atoms with Crippen molar-refractivity contribution in [1.82, 2.24) is 55.6 Å². The minimum atomic E-state index is -1.61. The number of hydrogen-bond acceptors (Lipinski definition) is 12. The number of likely N-dealkylation sites (N-methyl/N-ethyl adjacent to an activating group) is 7. The Morgan fingerprint density at radius 1 is 0.529 bits per heavy atom. The third-order valence-electron chi connectivity index (χ3n) is 16.2. The Morgan fingerprint density at radius 2 is 1.01 bits per heavy atom. The van der Waals surface area contributed by atoms with Crippen LogP contribution in [0.3, 0.4) is 0 Å². The molecule has 0 aromatic heterocycles. The standard InChI is InChI=1S/C62H111N11O12/c1-25-28-30-39(12)50(75)49-55(79)64-42(27-3)57(81)67(18)34-47(74)69(20)44(29-26-2)54(78)66-51(62(15,16)17)61(85)68(19)41(14)52(76)65-43(31-35(4)5)53(77)63-40(13)56(80)70(21)45(32-36(6)7)58(82)71(22)46(33-37(8)9)59(83)72(23)48(38(10)11)60(84)73(49)24/h25,28,35-46,48-51,75H,26-27,29-34H2,1-24H3,(H,63,77)(H,64,79)(H,65,76)(H,66,78)/b28-25+/t39-,40-,41+,42+,43+,44+,45+,46+,48+,49+,50-,51-/m1/s1. The molecular formula is C62H111N11O12. The molecule has 0 aliphatic carbocycles. The van der Waals surface area contributed by atoms with Gasteiger partial charge in [0.2, 0.25) is 65.0 Å². The van der Waals surface area contributed by atoms with Gasteiger partial charge < -0.3 is 60.7 Å². The summed E-state index contributed by atoms with van der Waals surface area (Å²) < 4.78 is 0. The Kier molecular flexibility index (Phi) is 31.0. The van der Waals surface area contributed by atoms with Crippen LogP contribution in [0, 0.1) is 35.0 Å². The Bertz CT molecular complexity index is 2340. The number of amides is 11. The molecule has 11 amide bonds. The predicted molar refractivity (Wildman–Crippen MR) is 329 cm³/mol. The van der Waals surface area contributed by atoms with Crippen molar-refractivity contribution in [1.29, 1.82) is 0 Å². The fourth-order valence-electron chi connectivity index (χ4n) is 10.6. The largest absolute Gasteiger partial charge is 0.390 e. The van der Waals surface area contributed by atoms with Crippen LogP contribution in [-0.4, -0.2) is 227 Å². The number of carbonyl (C=O) groups excluding carboxylic acids is 11. The number of rotatable bonds is 14. The summed E-state index contributed by atoms with van der Waals surface area (Å²) in [5.74, 6) is -9.09. The van der Waals surface area contributed by atoms with E-state index in [1.807, 2.05) is 48.5 Å². The Hall–Kier alpha value is -6.13. The van der Waals surface area contributed by atoms with E-state index in [9.17, 15) is 43.5 Å². The lowest BCUT2D eigenvalue weighted by molar-refractivity contribution is -0.157. The third kappa shape index (κ3) is 21.4. The Labute approximate surface area is 508 Å². The third-order valence-corrected chi connectivity index (χ3v) is 16.2. The van der Waals surface area contributed by atoms with Gasteiger partial charge in [-0.15, -0.1) is 0 Å². The van der Waals surface area contributed by atoms with Crippen molar-refractivity contribution in [3.8, 4) is 0 Å². The maximum Gasteiger partial charge on any atom is 0.246 e. The van der Waals surface area contributed by atoms with E-state index < -0.39 is 155 Å². The molecule has 5 N–H and O–H groups in total. The van der Waals surface area contributed by atoms with Crippen LogP contribution in [0.2, 0.25) is 0 Å². The smallest absolute Gasteiger partial charge is 0.246 e. The number of allylic oxidation sites excluding steroid dienone is 2. The number of carbonyl (C=O) groups is 11. The van der Waals surface area contributed by atoms with Crippen LogP contribution in [-0.2, 0) is 52.7 Å². The molecule has 12 atom stereocenters. The fraction of sp³-hybridized carbons (Fsp3) is 0.790. The van der Waals surface area contributed by atoms with Crippen molar-refractivity contribution < 1.29 is 57.8 Å². The van der Waals surface area contributed by atoms with E-state index in [0.717, 1.165) is 9.80 Å². The molecule has 1 rings (SSSR count). The summed E-state index contributed by atoms with van der Waals surface area (Å²) in [6.45, 7) is 29.2. The first-order valence-electron chi connectivity index (χ1n) is 30.5. The maximum atomic E-state index is 15.1. The van der Waals surface area contributed by atoms with E-state index in [1.54, 1.807) is 67.5 Å². The molecule has 0 spiro atoms. The van der Waals surface area contributed by atoms with Gasteiger partial charge in [0.15, 0.2) is 0 Å². The zero-order chi connectivity index (χ0) is 66.0. The van der Waals surface area contributed by atoms with Crippen molar-refractivity contribution in [2.24, 2.45) is 35.0 Å². The van der Waals surface area contributed by atoms with Crippen molar-refractivity contribution in [3.05, 3.63) is 12.2 Å². The molecule has 0 unspecified atom stereocenters. The zero-order valence-electron chi connectivity index (χ0n) is 56.1. The van der Waals surface area contributed by atoms with E-state index in [4.69, 9.17) is 0 Å². The summed E-state index contributed by atoms with van der Waals surface area (Å²) >= 11 is 0. The van der Waals surface area contributed by atoms with Gasteiger partial charge in [-0.2, -0.15) is 0 Å². The first kappa shape index (κ1) is 76.9. The Morgan fingerprint density at radius 3 is 1.47 bits per heavy atom. The lowest BCUT2D eigenvalue weighted by Crippen LogP contribution is -2.63. The summed E-state index contributed by atoms with van der Waals surface area (Å²) in [4.78, 5) is 169. The summed E-state index contributed by atoms with van der Waals surface area (Å²) in [6.07, 6.45) is 3.46. The summed E-state index contributed by atoms with van der Waals surface area (Å²) in [7, 11) is 9.88. The molecule has 23 heteroatoms. The predicted octanol–water partition coefficient (Wildman–Crippen LogP) is 3.41. The lowest BCUT2D eigenvalue weighted by Gasteiger charge is -2.41. The van der Waals surface area contributed by atoms with Gasteiger partial charge in [-0.05, 0) is 94.3 Å². The fourth-order valence-corrected chi connectivity index (χ4v) is 10.6. The van der Waals surface area contributed by atoms with E-state index in [-0.39, 0.29) is 49.9 Å². The summed E-state index contributed by atoms with van der Waals surface area (Å²) in [5.41, 5.74) is -0.940. The van der Waals surface area contributed by atoms with Gasteiger partial charge in [-0.3, -0.25) is 52.7 Å². The molecule has 486 valence electrons. The summed E-state index contributed by atoms with van der Waals surface area (Å²) in [6, 6.07) is -12.4. The number of hydrogen-bond donors (Lipinski definition) is 5. The molecule has 85 heavy (non-hydrogen) atoms. The van der Waals surface area contributed by atoms with Crippen molar-refractivity contribution >= 4 is 65.0 Å². The van der Waals surface area contributed by atoms with Crippen molar-refractivity contribution in [2.75, 3.05) is 55.9 Å². The highest BCUT2D eigenvalue weighted by Gasteiger charge is 2.46. The van der Waals surface area contributed by atoms with Crippen LogP contribution in [0.5, 0.6) is 0 Å². The number of nitrogens with one attached hydrogen (secondary N) is 4. The normalized spacial score (nSPS) is 27.0. The van der Waals surface area contributed by atoms with Gasteiger partial charge >= 0.3 is 0 Å². The van der Waals surface area contributed by atoms with Crippen molar-refractivity contribution in [3.63, 3.8) is 0 Å². The molecule has 1 heterocycles. The molecule has 23 nitrogen and oxygen atoms in total. The first-order valence-corrected chi connectivity index (χ1v) is 30.5. The molecule has 0 radical (unpaired) electrons. The SMILES string of the molecule is C/C=C/C[C@@H](C)[C@@H](O)[C@H]1C(=O)N[C@@H](CC)C(=O)N(C)CC(=O)N(C)[C@@H](CCC)C(=O)N[C@@H](C(C)(C)C)C(=O)N(C)[C@@H](C)C(=O)N[C@@H](CC(C)C)C(=O)N[C@H](C)C(=O)N(C)[C@@H](CC(C)C)C(=O)N(C)[C@@H](CC(C)C)C(=O)N(C)[C@@H](C(C)C)C(=O)N1C. The second-order valence-corrected chi connectivity index (χ2v) is 26.3. The van der Waals surface area contributed by atoms with E-state index in [1.165, 1.54) is 87.7 Å². The highest BCUT2D eigenvalue weighted by atomic mass is 16.3. The van der Waals surface area contributed by atoms with Crippen LogP contribution in [0.15, 0.2) is 12.2 Å². The molecule has 1 fully saturated rings. The molecule has 0 saturated carbocycles. The molecule has 1 aliphatic rings. The van der Waals surface area contributed by atoms with Crippen LogP contribution in [0.25, 0.3) is 0 Å². The topological polar surface area (TPSA) is 279 Å². The van der Waals surface area contributed by atoms with E-state index in [0.29, 0.717) is 12.8 Å². The molecule has 1 saturated heterocycles. The molecular weight excluding hydrogens is 1090 g/mol. The molecule has 0 bridgehead atoms. The van der Waals surface area contributed by atoms with Crippen LogP contribution < -0.4 is 21.3 Å². The van der Waals surface area contributed by atoms with Crippen LogP contribution >= 0.6 is 0 Å². The highest BCUT2D eigenvalue weighted by molar-refractivity contribution is 5.99. The van der Waals surface area contributed by atoms with Crippen LogP contribution in [0.1, 0.15) is 163 Å². The average molecular weight is 1200 g/mol. The van der Waals surface area contributed by atoms with E-state index >= 15 is 14.4 Å². The van der Waals surface area contributed by atoms with Gasteiger partial charge in [-0.25, -0.2) is 0 Å². The lowest BCUT2D eigenvalue weighted by atomic mass is 9.85.